The number of nitrogens with one attached hydrogen (secondary N) is 1. The fourth-order valence-electron chi connectivity index (χ4n) is 1.94. The number of methoxy groups -OCH3 is 1. The molecule has 100 valence electrons. The van der Waals surface area contributed by atoms with E-state index in [0.717, 1.165) is 16.1 Å². The number of rotatable bonds is 5. The van der Waals surface area contributed by atoms with Gasteiger partial charge in [0.2, 0.25) is 5.88 Å². The zero-order valence-electron chi connectivity index (χ0n) is 11.1. The summed E-state index contributed by atoms with van der Waals surface area (Å²) in [5.41, 5.74) is 2.12. The molecule has 0 radical (unpaired) electrons. The predicted molar refractivity (Wildman–Crippen MR) is 77.5 cm³/mol. The maximum atomic E-state index is 6.18. The summed E-state index contributed by atoms with van der Waals surface area (Å²) in [4.78, 5) is 4.18. The standard InChI is InChI=1S/C15H17ClN2O/c1-11(13-7-3-4-8-14(13)16)18-10-12-6-5-9-17-15(12)19-2/h3-9,11,18H,10H2,1-2H3/t11-/m1/s1. The second kappa shape index (κ2) is 6.55. The van der Waals surface area contributed by atoms with Crippen molar-refractivity contribution in [1.29, 1.82) is 0 Å². The van der Waals surface area contributed by atoms with Crippen molar-refractivity contribution in [2.45, 2.75) is 19.5 Å². The van der Waals surface area contributed by atoms with Gasteiger partial charge in [-0.15, -0.1) is 0 Å². The summed E-state index contributed by atoms with van der Waals surface area (Å²) in [6.07, 6.45) is 1.72. The molecule has 2 aromatic rings. The van der Waals surface area contributed by atoms with Crippen molar-refractivity contribution in [3.8, 4) is 5.88 Å². The normalized spacial score (nSPS) is 12.2. The minimum absolute atomic E-state index is 0.165. The van der Waals surface area contributed by atoms with Gasteiger partial charge >= 0.3 is 0 Å². The van der Waals surface area contributed by atoms with E-state index in [1.54, 1.807) is 13.3 Å². The first-order valence-electron chi connectivity index (χ1n) is 6.18. The number of aromatic nitrogens is 1. The first kappa shape index (κ1) is 13.8. The molecule has 0 saturated heterocycles. The van der Waals surface area contributed by atoms with Crippen LogP contribution in [0.5, 0.6) is 5.88 Å². The van der Waals surface area contributed by atoms with Gasteiger partial charge in [-0.05, 0) is 24.6 Å². The molecule has 0 aliphatic heterocycles. The predicted octanol–water partition coefficient (Wildman–Crippen LogP) is 3.59. The van der Waals surface area contributed by atoms with Crippen molar-refractivity contribution in [3.63, 3.8) is 0 Å². The summed E-state index contributed by atoms with van der Waals surface area (Å²) in [5, 5.41) is 4.20. The number of ether oxygens (including phenoxy) is 1. The second-order valence-electron chi connectivity index (χ2n) is 4.30. The van der Waals surface area contributed by atoms with E-state index in [4.69, 9.17) is 16.3 Å². The van der Waals surface area contributed by atoms with Crippen LogP contribution in [0.4, 0.5) is 0 Å². The summed E-state index contributed by atoms with van der Waals surface area (Å²) in [6.45, 7) is 2.77. The third kappa shape index (κ3) is 3.46. The Kier molecular flexibility index (Phi) is 4.77. The molecule has 1 N–H and O–H groups in total. The van der Waals surface area contributed by atoms with Crippen molar-refractivity contribution >= 4 is 11.6 Å². The number of pyridine rings is 1. The molecule has 0 amide bonds. The van der Waals surface area contributed by atoms with Crippen molar-refractivity contribution in [2.75, 3.05) is 7.11 Å². The van der Waals surface area contributed by atoms with Gasteiger partial charge in [0, 0.05) is 29.4 Å². The van der Waals surface area contributed by atoms with Gasteiger partial charge < -0.3 is 10.1 Å². The van der Waals surface area contributed by atoms with Crippen molar-refractivity contribution < 1.29 is 4.74 Å². The lowest BCUT2D eigenvalue weighted by Gasteiger charge is -2.16. The molecule has 3 nitrogen and oxygen atoms in total. The van der Waals surface area contributed by atoms with Gasteiger partial charge in [0.15, 0.2) is 0 Å². The Bertz CT molecular complexity index is 545. The maximum Gasteiger partial charge on any atom is 0.217 e. The van der Waals surface area contributed by atoms with Crippen LogP contribution in [0.3, 0.4) is 0 Å². The van der Waals surface area contributed by atoms with Gasteiger partial charge in [0.05, 0.1) is 7.11 Å². The van der Waals surface area contributed by atoms with Crippen LogP contribution in [0.25, 0.3) is 0 Å². The number of hydrogen-bond acceptors (Lipinski definition) is 3. The Labute approximate surface area is 118 Å². The zero-order chi connectivity index (χ0) is 13.7. The molecule has 0 spiro atoms. The second-order valence-corrected chi connectivity index (χ2v) is 4.70. The molecule has 0 fully saturated rings. The van der Waals surface area contributed by atoms with Crippen LogP contribution in [-0.2, 0) is 6.54 Å². The average molecular weight is 277 g/mol. The van der Waals surface area contributed by atoms with Crippen molar-refractivity contribution in [1.82, 2.24) is 10.3 Å². The average Bonchev–Trinajstić information content (AvgIpc) is 2.45. The Morgan fingerprint density at radius 2 is 2.05 bits per heavy atom. The van der Waals surface area contributed by atoms with E-state index in [2.05, 4.69) is 17.2 Å². The Balaban J connectivity index is 2.04. The molecule has 2 rings (SSSR count). The third-order valence-corrected chi connectivity index (χ3v) is 3.36. The molecule has 1 atom stereocenters. The zero-order valence-corrected chi connectivity index (χ0v) is 11.8. The van der Waals surface area contributed by atoms with E-state index in [1.165, 1.54) is 0 Å². The first-order chi connectivity index (χ1) is 9.22. The monoisotopic (exact) mass is 276 g/mol. The molecule has 0 saturated carbocycles. The SMILES string of the molecule is COc1ncccc1CN[C@H](C)c1ccccc1Cl. The maximum absolute atomic E-state index is 6.18. The minimum Gasteiger partial charge on any atom is -0.481 e. The topological polar surface area (TPSA) is 34.1 Å². The quantitative estimate of drug-likeness (QED) is 0.906. The third-order valence-electron chi connectivity index (χ3n) is 3.01. The molecule has 0 aliphatic rings. The van der Waals surface area contributed by atoms with Gasteiger partial charge in [0.25, 0.3) is 0 Å². The lowest BCUT2D eigenvalue weighted by atomic mass is 10.1. The number of nitrogens with zero attached hydrogens (tertiary/aromatic N) is 1. The molecule has 0 aliphatic carbocycles. The fourth-order valence-corrected chi connectivity index (χ4v) is 2.24. The van der Waals surface area contributed by atoms with E-state index in [1.807, 2.05) is 36.4 Å². The smallest absolute Gasteiger partial charge is 0.217 e. The first-order valence-corrected chi connectivity index (χ1v) is 6.56. The summed E-state index contributed by atoms with van der Waals surface area (Å²) in [5.74, 6) is 0.654. The van der Waals surface area contributed by atoms with Gasteiger partial charge in [-0.1, -0.05) is 35.9 Å². The largest absolute Gasteiger partial charge is 0.481 e. The van der Waals surface area contributed by atoms with Crippen LogP contribution in [0.2, 0.25) is 5.02 Å². The molecular formula is C15H17ClN2O. The minimum atomic E-state index is 0.165. The number of hydrogen-bond donors (Lipinski definition) is 1. The summed E-state index contributed by atoms with van der Waals surface area (Å²) in [7, 11) is 1.63. The number of halogens is 1. The Hall–Kier alpha value is -1.58. The number of benzene rings is 1. The van der Waals surface area contributed by atoms with Crippen LogP contribution in [0, 0.1) is 0 Å². The summed E-state index contributed by atoms with van der Waals surface area (Å²) < 4.78 is 5.23. The van der Waals surface area contributed by atoms with Crippen molar-refractivity contribution in [3.05, 3.63) is 58.7 Å². The lowest BCUT2D eigenvalue weighted by molar-refractivity contribution is 0.389. The van der Waals surface area contributed by atoms with Gasteiger partial charge in [-0.2, -0.15) is 0 Å². The summed E-state index contributed by atoms with van der Waals surface area (Å²) >= 11 is 6.18. The van der Waals surface area contributed by atoms with Crippen LogP contribution in [0.1, 0.15) is 24.1 Å². The highest BCUT2D eigenvalue weighted by molar-refractivity contribution is 6.31. The lowest BCUT2D eigenvalue weighted by Crippen LogP contribution is -2.19. The van der Waals surface area contributed by atoms with E-state index in [-0.39, 0.29) is 6.04 Å². The van der Waals surface area contributed by atoms with Gasteiger partial charge in [-0.25, -0.2) is 4.98 Å². The molecule has 19 heavy (non-hydrogen) atoms. The van der Waals surface area contributed by atoms with Crippen LogP contribution in [0.15, 0.2) is 42.6 Å². The van der Waals surface area contributed by atoms with Crippen LogP contribution in [-0.4, -0.2) is 12.1 Å². The highest BCUT2D eigenvalue weighted by Crippen LogP contribution is 2.23. The highest BCUT2D eigenvalue weighted by Gasteiger charge is 2.10. The summed E-state index contributed by atoms with van der Waals surface area (Å²) in [6, 6.07) is 11.9. The van der Waals surface area contributed by atoms with Gasteiger partial charge in [-0.3, -0.25) is 0 Å². The van der Waals surface area contributed by atoms with Gasteiger partial charge in [0.1, 0.15) is 0 Å². The van der Waals surface area contributed by atoms with E-state index in [9.17, 15) is 0 Å². The highest BCUT2D eigenvalue weighted by atomic mass is 35.5. The fraction of sp³-hybridized carbons (Fsp3) is 0.267. The van der Waals surface area contributed by atoms with E-state index < -0.39 is 0 Å². The van der Waals surface area contributed by atoms with E-state index >= 15 is 0 Å². The molecule has 1 aromatic heterocycles. The molecule has 1 aromatic carbocycles. The Morgan fingerprint density at radius 3 is 2.79 bits per heavy atom. The van der Waals surface area contributed by atoms with Crippen LogP contribution >= 0.6 is 11.6 Å². The molecular weight excluding hydrogens is 260 g/mol. The van der Waals surface area contributed by atoms with Crippen LogP contribution < -0.4 is 10.1 Å². The molecule has 0 unspecified atom stereocenters. The van der Waals surface area contributed by atoms with E-state index in [0.29, 0.717) is 12.4 Å². The Morgan fingerprint density at radius 1 is 1.26 bits per heavy atom. The molecule has 4 heteroatoms. The molecule has 1 heterocycles. The molecule has 0 bridgehead atoms. The van der Waals surface area contributed by atoms with Crippen molar-refractivity contribution in [2.24, 2.45) is 0 Å².